The number of rotatable bonds is 4. The monoisotopic (exact) mass is 1020 g/mol. The summed E-state index contributed by atoms with van der Waals surface area (Å²) in [6, 6.07) is 64.8. The molecular formula is C72H70B2N2O2. The summed E-state index contributed by atoms with van der Waals surface area (Å²) in [5, 5.41) is 0. The average molecular weight is 1020 g/mol. The third-order valence-electron chi connectivity index (χ3n) is 17.1. The molecule has 78 heavy (non-hydrogen) atoms. The Morgan fingerprint density at radius 3 is 0.987 bits per heavy atom. The number of aryl methyl sites for hydroxylation is 2. The Balaban J connectivity index is 1.07. The molecule has 9 aromatic rings. The zero-order chi connectivity index (χ0) is 54.5. The standard InChI is InChI=1S/C72H70B2N2O2/c1-43-15-19-45(20-16-43)47-35-61-67-65(37-47)77-63-42-64-58(41-57(63)73(67)55-39-51(71(9,10)11)27-33-59(55)75(61)53-29-23-49(24-30-53)69(3,4)5)74-56-40-52(72(12,13)14)28-34-60(56)76(54-31-25-50(26-32-54)70(6,7)8)62-36-48(38-66(78-64)68(62)74)46-21-17-44(2)18-22-46/h15-42H,1-14H3. The van der Waals surface area contributed by atoms with Gasteiger partial charge in [-0.1, -0.05) is 197 Å². The number of ether oxygens (including phenoxy) is 2. The van der Waals surface area contributed by atoms with E-state index >= 15 is 0 Å². The van der Waals surface area contributed by atoms with Crippen molar-refractivity contribution in [1.82, 2.24) is 0 Å². The van der Waals surface area contributed by atoms with Crippen molar-refractivity contribution in [3.05, 3.63) is 203 Å². The van der Waals surface area contributed by atoms with Gasteiger partial charge in [0, 0.05) is 40.2 Å². The predicted molar refractivity (Wildman–Crippen MR) is 333 cm³/mol. The minimum atomic E-state index is -0.134. The van der Waals surface area contributed by atoms with Gasteiger partial charge in [-0.25, -0.2) is 0 Å². The summed E-state index contributed by atoms with van der Waals surface area (Å²) < 4.78 is 14.9. The Bertz CT molecular complexity index is 3650. The number of fused-ring (bicyclic) bond motifs is 8. The molecule has 13 rings (SSSR count). The summed E-state index contributed by atoms with van der Waals surface area (Å²) in [6.45, 7) is 31.7. The van der Waals surface area contributed by atoms with Crippen molar-refractivity contribution in [2.24, 2.45) is 0 Å². The average Bonchev–Trinajstić information content (AvgIpc) is 2.73. The van der Waals surface area contributed by atoms with Gasteiger partial charge in [0.2, 0.25) is 0 Å². The molecule has 0 unspecified atom stereocenters. The molecule has 0 bridgehead atoms. The number of anilines is 6. The lowest BCUT2D eigenvalue weighted by molar-refractivity contribution is 0.466. The van der Waals surface area contributed by atoms with Crippen LogP contribution in [0.25, 0.3) is 22.3 Å². The molecule has 4 heterocycles. The molecule has 6 heteroatoms. The van der Waals surface area contributed by atoms with Crippen molar-refractivity contribution in [2.45, 2.75) is 119 Å². The molecule has 0 radical (unpaired) electrons. The predicted octanol–water partition coefficient (Wildman–Crippen LogP) is 15.6. The molecule has 0 N–H and O–H groups in total. The lowest BCUT2D eigenvalue weighted by atomic mass is 9.31. The van der Waals surface area contributed by atoms with Crippen molar-refractivity contribution < 1.29 is 9.47 Å². The molecule has 0 saturated heterocycles. The van der Waals surface area contributed by atoms with E-state index in [-0.39, 0.29) is 35.1 Å². The van der Waals surface area contributed by atoms with Gasteiger partial charge in [0.05, 0.1) is 0 Å². The lowest BCUT2D eigenvalue weighted by Gasteiger charge is -2.43. The van der Waals surface area contributed by atoms with Crippen LogP contribution in [-0.2, 0) is 21.7 Å². The van der Waals surface area contributed by atoms with Gasteiger partial charge in [-0.3, -0.25) is 0 Å². The van der Waals surface area contributed by atoms with Gasteiger partial charge < -0.3 is 19.3 Å². The Kier molecular flexibility index (Phi) is 11.1. The Morgan fingerprint density at radius 1 is 0.295 bits per heavy atom. The van der Waals surface area contributed by atoms with Crippen LogP contribution in [-0.4, -0.2) is 13.4 Å². The molecule has 0 saturated carbocycles. The highest BCUT2D eigenvalue weighted by molar-refractivity contribution is 7.02. The van der Waals surface area contributed by atoms with Gasteiger partial charge in [-0.2, -0.15) is 0 Å². The summed E-state index contributed by atoms with van der Waals surface area (Å²) in [5.41, 5.74) is 26.2. The summed E-state index contributed by atoms with van der Waals surface area (Å²) in [4.78, 5) is 5.00. The SMILES string of the molecule is Cc1ccc(-c2cc3c4c(c2)N(c2ccc(C(C)(C)C)cc2)c2ccc(C(C)(C)C)cc2B4c2cc4c(cc2O3)Oc2cc(-c3ccc(C)cc3)cc3c2B4c2cc(C(C)(C)C)ccc2N3c2ccc(C(C)(C)C)cc2)cc1. The second-order valence-electron chi connectivity index (χ2n) is 26.9. The van der Waals surface area contributed by atoms with E-state index in [1.807, 2.05) is 0 Å². The van der Waals surface area contributed by atoms with Crippen LogP contribution in [0.15, 0.2) is 170 Å². The topological polar surface area (TPSA) is 24.9 Å². The second-order valence-corrected chi connectivity index (χ2v) is 26.9. The molecule has 0 amide bonds. The first kappa shape index (κ1) is 49.9. The van der Waals surface area contributed by atoms with E-state index in [0.717, 1.165) is 78.9 Å². The smallest absolute Gasteiger partial charge is 0.256 e. The Labute approximate surface area is 464 Å². The fraction of sp³-hybridized carbons (Fsp3) is 0.250. The van der Waals surface area contributed by atoms with E-state index in [2.05, 4.69) is 277 Å². The molecule has 4 nitrogen and oxygen atoms in total. The zero-order valence-corrected chi connectivity index (χ0v) is 48.0. The molecule has 4 aliphatic heterocycles. The van der Waals surface area contributed by atoms with Crippen LogP contribution >= 0.6 is 0 Å². The lowest BCUT2D eigenvalue weighted by Crippen LogP contribution is -2.63. The summed E-state index contributed by atoms with van der Waals surface area (Å²) in [5.74, 6) is 3.39. The Morgan fingerprint density at radius 2 is 0.641 bits per heavy atom. The van der Waals surface area contributed by atoms with Crippen molar-refractivity contribution in [1.29, 1.82) is 0 Å². The fourth-order valence-corrected chi connectivity index (χ4v) is 12.5. The van der Waals surface area contributed by atoms with Gasteiger partial charge in [-0.15, -0.1) is 0 Å². The van der Waals surface area contributed by atoms with Crippen LogP contribution in [0.2, 0.25) is 0 Å². The van der Waals surface area contributed by atoms with Gasteiger partial charge in [0.1, 0.15) is 23.0 Å². The van der Waals surface area contributed by atoms with Crippen LogP contribution in [0.3, 0.4) is 0 Å². The highest BCUT2D eigenvalue weighted by Crippen LogP contribution is 2.48. The first-order chi connectivity index (χ1) is 37.0. The number of hydrogen-bond donors (Lipinski definition) is 0. The number of nitrogens with zero attached hydrogens (tertiary/aromatic N) is 2. The molecule has 0 aliphatic carbocycles. The van der Waals surface area contributed by atoms with Crippen molar-refractivity contribution >= 4 is 80.3 Å². The van der Waals surface area contributed by atoms with Crippen LogP contribution in [0, 0.1) is 13.8 Å². The highest BCUT2D eigenvalue weighted by Gasteiger charge is 2.47. The summed E-state index contributed by atoms with van der Waals surface area (Å²) in [6.07, 6.45) is 0. The number of hydrogen-bond acceptors (Lipinski definition) is 4. The van der Waals surface area contributed by atoms with Gasteiger partial charge in [0.25, 0.3) is 13.4 Å². The Hall–Kier alpha value is -7.69. The van der Waals surface area contributed by atoms with E-state index in [1.54, 1.807) is 0 Å². The van der Waals surface area contributed by atoms with Crippen LogP contribution in [0.4, 0.5) is 34.1 Å². The minimum Gasteiger partial charge on any atom is -0.458 e. The minimum absolute atomic E-state index is 0.0176. The maximum Gasteiger partial charge on any atom is 0.256 e. The first-order valence-corrected chi connectivity index (χ1v) is 28.1. The molecule has 9 aromatic carbocycles. The van der Waals surface area contributed by atoms with Crippen molar-refractivity contribution in [3.63, 3.8) is 0 Å². The molecule has 0 aromatic heterocycles. The molecule has 4 aliphatic rings. The van der Waals surface area contributed by atoms with Gasteiger partial charge in [0.15, 0.2) is 0 Å². The zero-order valence-electron chi connectivity index (χ0n) is 48.0. The van der Waals surface area contributed by atoms with Crippen molar-refractivity contribution in [2.75, 3.05) is 9.80 Å². The van der Waals surface area contributed by atoms with Crippen LogP contribution < -0.4 is 52.1 Å². The van der Waals surface area contributed by atoms with E-state index in [9.17, 15) is 0 Å². The highest BCUT2D eigenvalue weighted by atomic mass is 16.5. The number of benzene rings is 9. The quantitative estimate of drug-likeness (QED) is 0.164. The van der Waals surface area contributed by atoms with E-state index < -0.39 is 0 Å². The molecule has 0 spiro atoms. The van der Waals surface area contributed by atoms with E-state index in [1.165, 1.54) is 66.6 Å². The third-order valence-corrected chi connectivity index (χ3v) is 17.1. The second kappa shape index (κ2) is 17.4. The molecule has 0 fully saturated rings. The summed E-state index contributed by atoms with van der Waals surface area (Å²) in [7, 11) is 0. The van der Waals surface area contributed by atoms with Crippen molar-refractivity contribution in [3.8, 4) is 45.3 Å². The largest absolute Gasteiger partial charge is 0.458 e. The first-order valence-electron chi connectivity index (χ1n) is 28.1. The molecule has 386 valence electrons. The van der Waals surface area contributed by atoms with E-state index in [0.29, 0.717) is 0 Å². The van der Waals surface area contributed by atoms with Gasteiger partial charge in [-0.05, 0) is 173 Å². The van der Waals surface area contributed by atoms with Crippen LogP contribution in [0.5, 0.6) is 23.0 Å². The molecular weight excluding hydrogens is 946 g/mol. The van der Waals surface area contributed by atoms with E-state index in [4.69, 9.17) is 9.47 Å². The normalized spacial score (nSPS) is 14.1. The maximum atomic E-state index is 7.46. The van der Waals surface area contributed by atoms with Crippen LogP contribution in [0.1, 0.15) is 116 Å². The molecule has 0 atom stereocenters. The third kappa shape index (κ3) is 8.20. The maximum absolute atomic E-state index is 7.46. The van der Waals surface area contributed by atoms with Gasteiger partial charge >= 0.3 is 0 Å². The fourth-order valence-electron chi connectivity index (χ4n) is 12.5. The summed E-state index contributed by atoms with van der Waals surface area (Å²) >= 11 is 0.